The molecule has 108 valence electrons. The number of hydrogen-bond donors (Lipinski definition) is 1. The summed E-state index contributed by atoms with van der Waals surface area (Å²) in [6.07, 6.45) is 3.79. The zero-order valence-corrected chi connectivity index (χ0v) is 12.4. The van der Waals surface area contributed by atoms with Crippen LogP contribution in [0.1, 0.15) is 30.9 Å². The van der Waals surface area contributed by atoms with Crippen LogP contribution >= 0.6 is 0 Å². The maximum atomic E-state index is 5.62. The molecule has 2 aliphatic rings. The molecular formula is C19H21NO. The molecule has 0 saturated heterocycles. The lowest BCUT2D eigenvalue weighted by Crippen LogP contribution is -2.40. The second kappa shape index (κ2) is 5.19. The number of nitrogens with one attached hydrogen (secondary N) is 1. The number of ether oxygens (including phenoxy) is 1. The van der Waals surface area contributed by atoms with Gasteiger partial charge in [0.2, 0.25) is 0 Å². The van der Waals surface area contributed by atoms with Gasteiger partial charge >= 0.3 is 0 Å². The van der Waals surface area contributed by atoms with Crippen molar-refractivity contribution in [1.82, 2.24) is 0 Å². The molecule has 2 aromatic carbocycles. The molecular weight excluding hydrogens is 258 g/mol. The maximum absolute atomic E-state index is 5.62. The monoisotopic (exact) mass is 279 g/mol. The highest BCUT2D eigenvalue weighted by Crippen LogP contribution is 2.38. The van der Waals surface area contributed by atoms with Crippen LogP contribution in [0.2, 0.25) is 0 Å². The summed E-state index contributed by atoms with van der Waals surface area (Å²) >= 11 is 0. The van der Waals surface area contributed by atoms with Gasteiger partial charge in [-0.05, 0) is 60.6 Å². The van der Waals surface area contributed by atoms with E-state index in [-0.39, 0.29) is 0 Å². The first kappa shape index (κ1) is 12.9. The Morgan fingerprint density at radius 1 is 1.05 bits per heavy atom. The van der Waals surface area contributed by atoms with Crippen molar-refractivity contribution in [3.05, 3.63) is 53.6 Å². The molecule has 0 heterocycles. The number of rotatable bonds is 4. The van der Waals surface area contributed by atoms with Crippen molar-refractivity contribution >= 4 is 5.69 Å². The second-order valence-electron chi connectivity index (χ2n) is 6.10. The second-order valence-corrected chi connectivity index (χ2v) is 6.10. The van der Waals surface area contributed by atoms with E-state index in [2.05, 4.69) is 54.7 Å². The molecule has 0 atom stereocenters. The summed E-state index contributed by atoms with van der Waals surface area (Å²) in [6, 6.07) is 16.1. The molecule has 0 amide bonds. The first-order chi connectivity index (χ1) is 10.3. The predicted octanol–water partition coefficient (Wildman–Crippen LogP) is 4.24. The smallest absolute Gasteiger partial charge is 0.0614 e. The van der Waals surface area contributed by atoms with Gasteiger partial charge in [-0.2, -0.15) is 0 Å². The summed E-state index contributed by atoms with van der Waals surface area (Å²) in [5.74, 6) is 0. The molecule has 1 saturated carbocycles. The molecule has 2 aliphatic carbocycles. The van der Waals surface area contributed by atoms with E-state index in [4.69, 9.17) is 4.74 Å². The molecule has 0 bridgehead atoms. The fourth-order valence-electron chi connectivity index (χ4n) is 3.53. The molecule has 0 aromatic heterocycles. The van der Waals surface area contributed by atoms with Crippen LogP contribution in [0.4, 0.5) is 5.69 Å². The van der Waals surface area contributed by atoms with Crippen LogP contribution in [-0.4, -0.2) is 18.8 Å². The zero-order valence-electron chi connectivity index (χ0n) is 12.4. The van der Waals surface area contributed by atoms with E-state index >= 15 is 0 Å². The van der Waals surface area contributed by atoms with Crippen molar-refractivity contribution in [3.63, 3.8) is 0 Å². The van der Waals surface area contributed by atoms with E-state index < -0.39 is 0 Å². The molecule has 0 unspecified atom stereocenters. The Kier molecular flexibility index (Phi) is 3.19. The van der Waals surface area contributed by atoms with Crippen LogP contribution in [-0.2, 0) is 11.2 Å². The molecule has 21 heavy (non-hydrogen) atoms. The number of anilines is 1. The van der Waals surface area contributed by atoms with Crippen molar-refractivity contribution < 1.29 is 4.74 Å². The minimum atomic E-state index is 0.464. The van der Waals surface area contributed by atoms with E-state index in [1.54, 1.807) is 0 Å². The third kappa shape index (κ3) is 2.34. The summed E-state index contributed by atoms with van der Waals surface area (Å²) < 4.78 is 5.62. The number of benzene rings is 2. The molecule has 4 rings (SSSR count). The average molecular weight is 279 g/mol. The van der Waals surface area contributed by atoms with Crippen LogP contribution in [0.3, 0.4) is 0 Å². The van der Waals surface area contributed by atoms with Gasteiger partial charge in [0.1, 0.15) is 0 Å². The highest BCUT2D eigenvalue weighted by atomic mass is 16.5. The fraction of sp³-hybridized carbons (Fsp3) is 0.368. The third-order valence-electron chi connectivity index (χ3n) is 4.66. The topological polar surface area (TPSA) is 21.3 Å². The van der Waals surface area contributed by atoms with Gasteiger partial charge < -0.3 is 10.1 Å². The van der Waals surface area contributed by atoms with Gasteiger partial charge in [0.25, 0.3) is 0 Å². The van der Waals surface area contributed by atoms with Gasteiger partial charge in [0.15, 0.2) is 0 Å². The van der Waals surface area contributed by atoms with Crippen LogP contribution in [0.25, 0.3) is 11.1 Å². The van der Waals surface area contributed by atoms with Crippen LogP contribution in [0.5, 0.6) is 0 Å². The summed E-state index contributed by atoms with van der Waals surface area (Å²) in [5, 5.41) is 3.64. The van der Waals surface area contributed by atoms with Gasteiger partial charge in [0.05, 0.1) is 6.10 Å². The lowest BCUT2D eigenvalue weighted by molar-refractivity contribution is 0.00299. The van der Waals surface area contributed by atoms with E-state index in [1.165, 1.54) is 27.9 Å². The average Bonchev–Trinajstić information content (AvgIpc) is 2.82. The Bertz CT molecular complexity index is 658. The van der Waals surface area contributed by atoms with Gasteiger partial charge in [-0.1, -0.05) is 30.3 Å². The molecule has 0 aliphatic heterocycles. The summed E-state index contributed by atoms with van der Waals surface area (Å²) in [5.41, 5.74) is 6.95. The quantitative estimate of drug-likeness (QED) is 0.771. The van der Waals surface area contributed by atoms with Gasteiger partial charge in [0, 0.05) is 18.3 Å². The van der Waals surface area contributed by atoms with Crippen molar-refractivity contribution in [3.8, 4) is 11.1 Å². The van der Waals surface area contributed by atoms with E-state index in [9.17, 15) is 0 Å². The molecule has 0 radical (unpaired) electrons. The van der Waals surface area contributed by atoms with E-state index in [0.717, 1.165) is 25.9 Å². The van der Waals surface area contributed by atoms with Crippen LogP contribution in [0.15, 0.2) is 42.5 Å². The highest BCUT2D eigenvalue weighted by molar-refractivity contribution is 5.78. The normalized spacial score (nSPS) is 22.3. The SMILES string of the molecule is CCOC1CC(Nc2ccc3c(c2)Cc2ccccc2-3)C1. The Hall–Kier alpha value is -1.80. The lowest BCUT2D eigenvalue weighted by Gasteiger charge is -2.36. The Labute approximate surface area is 126 Å². The van der Waals surface area contributed by atoms with Crippen LogP contribution in [0, 0.1) is 0 Å². The first-order valence-corrected chi connectivity index (χ1v) is 7.93. The zero-order chi connectivity index (χ0) is 14.2. The van der Waals surface area contributed by atoms with Crippen molar-refractivity contribution in [2.75, 3.05) is 11.9 Å². The molecule has 0 spiro atoms. The van der Waals surface area contributed by atoms with E-state index in [0.29, 0.717) is 12.1 Å². The maximum Gasteiger partial charge on any atom is 0.0614 e. The molecule has 2 aromatic rings. The van der Waals surface area contributed by atoms with Crippen molar-refractivity contribution in [1.29, 1.82) is 0 Å². The largest absolute Gasteiger partial charge is 0.382 e. The third-order valence-corrected chi connectivity index (χ3v) is 4.66. The van der Waals surface area contributed by atoms with Gasteiger partial charge in [-0.25, -0.2) is 0 Å². The number of fused-ring (bicyclic) bond motifs is 3. The predicted molar refractivity (Wildman–Crippen MR) is 86.7 cm³/mol. The van der Waals surface area contributed by atoms with Crippen molar-refractivity contribution in [2.45, 2.75) is 38.3 Å². The number of hydrogen-bond acceptors (Lipinski definition) is 2. The molecule has 1 fully saturated rings. The summed E-state index contributed by atoms with van der Waals surface area (Å²) in [7, 11) is 0. The van der Waals surface area contributed by atoms with Crippen molar-refractivity contribution in [2.24, 2.45) is 0 Å². The fourth-order valence-corrected chi connectivity index (χ4v) is 3.53. The Morgan fingerprint density at radius 2 is 1.86 bits per heavy atom. The summed E-state index contributed by atoms with van der Waals surface area (Å²) in [4.78, 5) is 0. The standard InChI is InChI=1S/C19H21NO/c1-2-21-17-11-16(12-17)20-15-7-8-19-14(10-15)9-13-5-3-4-6-18(13)19/h3-8,10,16-17,20H,2,9,11-12H2,1H3. The first-order valence-electron chi connectivity index (χ1n) is 7.93. The van der Waals surface area contributed by atoms with Gasteiger partial charge in [-0.3, -0.25) is 0 Å². The molecule has 2 heteroatoms. The minimum absolute atomic E-state index is 0.464. The highest BCUT2D eigenvalue weighted by Gasteiger charge is 2.29. The lowest BCUT2D eigenvalue weighted by atomic mass is 9.89. The summed E-state index contributed by atoms with van der Waals surface area (Å²) in [6.45, 7) is 2.90. The van der Waals surface area contributed by atoms with Crippen LogP contribution < -0.4 is 5.32 Å². The minimum Gasteiger partial charge on any atom is -0.382 e. The molecule has 1 N–H and O–H groups in total. The van der Waals surface area contributed by atoms with E-state index in [1.807, 2.05) is 0 Å². The van der Waals surface area contributed by atoms with Gasteiger partial charge in [-0.15, -0.1) is 0 Å². The Balaban J connectivity index is 1.47. The molecule has 2 nitrogen and oxygen atoms in total. The Morgan fingerprint density at radius 3 is 2.71 bits per heavy atom.